The number of hydrogen-bond acceptors (Lipinski definition) is 1. The Hall–Kier alpha value is -2.25. The molecule has 0 heterocycles. The van der Waals surface area contributed by atoms with Gasteiger partial charge < -0.3 is 5.11 Å². The number of halogens is 1. The van der Waals surface area contributed by atoms with Crippen molar-refractivity contribution in [2.45, 2.75) is 77.0 Å². The van der Waals surface area contributed by atoms with Gasteiger partial charge in [0.2, 0.25) is 0 Å². The smallest absolute Gasteiger partial charge is 0.115 e. The fourth-order valence-corrected chi connectivity index (χ4v) is 5.61. The molecule has 1 saturated carbocycles. The van der Waals surface area contributed by atoms with Crippen LogP contribution in [0.1, 0.15) is 82.6 Å². The Kier molecular flexibility index (Phi) is 8.51. The van der Waals surface area contributed by atoms with E-state index < -0.39 is 0 Å². The lowest BCUT2D eigenvalue weighted by atomic mass is 9.76. The lowest BCUT2D eigenvalue weighted by Crippen LogP contribution is -2.13. The molecule has 2 heteroatoms. The summed E-state index contributed by atoms with van der Waals surface area (Å²) in [6.07, 6.45) is 13.7. The highest BCUT2D eigenvalue weighted by molar-refractivity contribution is 6.30. The van der Waals surface area contributed by atoms with Crippen LogP contribution in [0.15, 0.2) is 66.7 Å². The topological polar surface area (TPSA) is 20.2 Å². The first-order valence-electron chi connectivity index (χ1n) is 12.8. The molecular formula is C31H37ClO. The highest BCUT2D eigenvalue weighted by Crippen LogP contribution is 2.41. The van der Waals surface area contributed by atoms with Gasteiger partial charge in [-0.1, -0.05) is 99.5 Å². The molecule has 0 aliphatic heterocycles. The molecule has 1 aliphatic carbocycles. The lowest BCUT2D eigenvalue weighted by molar-refractivity contribution is 0.302. The molecule has 1 fully saturated rings. The van der Waals surface area contributed by atoms with Crippen LogP contribution in [0.3, 0.4) is 0 Å². The Morgan fingerprint density at radius 1 is 0.758 bits per heavy atom. The zero-order valence-corrected chi connectivity index (χ0v) is 20.7. The van der Waals surface area contributed by atoms with Crippen molar-refractivity contribution < 1.29 is 5.11 Å². The zero-order valence-electron chi connectivity index (χ0n) is 19.9. The largest absolute Gasteiger partial charge is 0.508 e. The van der Waals surface area contributed by atoms with Gasteiger partial charge >= 0.3 is 0 Å². The van der Waals surface area contributed by atoms with Crippen molar-refractivity contribution in [3.8, 4) is 28.0 Å². The molecule has 0 amide bonds. The van der Waals surface area contributed by atoms with Crippen molar-refractivity contribution in [1.29, 1.82) is 0 Å². The number of aromatic hydroxyl groups is 1. The van der Waals surface area contributed by atoms with Crippen LogP contribution in [0.25, 0.3) is 22.3 Å². The van der Waals surface area contributed by atoms with Crippen LogP contribution in [0.4, 0.5) is 0 Å². The van der Waals surface area contributed by atoms with E-state index in [4.69, 9.17) is 11.6 Å². The molecule has 1 N–H and O–H groups in total. The third-order valence-corrected chi connectivity index (χ3v) is 7.63. The van der Waals surface area contributed by atoms with Crippen LogP contribution in [0.5, 0.6) is 5.75 Å². The summed E-state index contributed by atoms with van der Waals surface area (Å²) in [6.45, 7) is 2.29. The molecule has 0 unspecified atom stereocenters. The minimum atomic E-state index is 0.298. The second-order valence-electron chi connectivity index (χ2n) is 9.78. The Labute approximate surface area is 204 Å². The molecule has 3 aromatic rings. The first kappa shape index (κ1) is 23.9. The lowest BCUT2D eigenvalue weighted by Gasteiger charge is -2.29. The summed E-state index contributed by atoms with van der Waals surface area (Å²) in [5.74, 6) is 1.86. The van der Waals surface area contributed by atoms with E-state index in [2.05, 4.69) is 31.2 Å². The van der Waals surface area contributed by atoms with Gasteiger partial charge in [-0.2, -0.15) is 0 Å². The van der Waals surface area contributed by atoms with E-state index in [9.17, 15) is 5.11 Å². The minimum Gasteiger partial charge on any atom is -0.508 e. The maximum absolute atomic E-state index is 9.80. The molecule has 0 aromatic heterocycles. The molecule has 33 heavy (non-hydrogen) atoms. The number of benzene rings is 3. The standard InChI is InChI=1S/C31H37ClO/c1-2-3-4-5-6-8-23-11-13-24(14-12-23)26-17-20-30(27-9-7-10-28(32)21-27)31(22-26)25-15-18-29(33)19-16-25/h7,9-10,15-24,33H,2-6,8,11-14H2,1H3/t23-,24-. The summed E-state index contributed by atoms with van der Waals surface area (Å²) in [5, 5.41) is 10.5. The monoisotopic (exact) mass is 460 g/mol. The van der Waals surface area contributed by atoms with Crippen molar-refractivity contribution in [1.82, 2.24) is 0 Å². The van der Waals surface area contributed by atoms with Crippen molar-refractivity contribution >= 4 is 11.6 Å². The normalized spacial score (nSPS) is 18.4. The summed E-state index contributed by atoms with van der Waals surface area (Å²) in [7, 11) is 0. The van der Waals surface area contributed by atoms with E-state index >= 15 is 0 Å². The van der Waals surface area contributed by atoms with E-state index in [1.165, 1.54) is 80.9 Å². The van der Waals surface area contributed by atoms with Crippen molar-refractivity contribution in [2.24, 2.45) is 5.92 Å². The van der Waals surface area contributed by atoms with Gasteiger partial charge in [-0.3, -0.25) is 0 Å². The van der Waals surface area contributed by atoms with E-state index in [1.807, 2.05) is 30.3 Å². The maximum atomic E-state index is 9.80. The van der Waals surface area contributed by atoms with Gasteiger partial charge in [-0.05, 0) is 89.6 Å². The zero-order chi connectivity index (χ0) is 23.0. The van der Waals surface area contributed by atoms with E-state index in [-0.39, 0.29) is 0 Å². The summed E-state index contributed by atoms with van der Waals surface area (Å²) in [6, 6.07) is 22.6. The maximum Gasteiger partial charge on any atom is 0.115 e. The number of unbranched alkanes of at least 4 members (excludes halogenated alkanes) is 4. The van der Waals surface area contributed by atoms with E-state index in [0.717, 1.165) is 22.1 Å². The Morgan fingerprint density at radius 2 is 1.52 bits per heavy atom. The summed E-state index contributed by atoms with van der Waals surface area (Å²) >= 11 is 6.31. The van der Waals surface area contributed by atoms with Crippen molar-refractivity contribution in [2.75, 3.05) is 0 Å². The van der Waals surface area contributed by atoms with Crippen molar-refractivity contribution in [3.63, 3.8) is 0 Å². The molecule has 0 saturated heterocycles. The van der Waals surface area contributed by atoms with E-state index in [1.54, 1.807) is 12.1 Å². The highest BCUT2D eigenvalue weighted by Gasteiger charge is 2.23. The first-order chi connectivity index (χ1) is 16.1. The molecule has 0 spiro atoms. The second-order valence-corrected chi connectivity index (χ2v) is 10.2. The number of phenols is 1. The fourth-order valence-electron chi connectivity index (χ4n) is 5.42. The predicted molar refractivity (Wildman–Crippen MR) is 142 cm³/mol. The van der Waals surface area contributed by atoms with Gasteiger partial charge in [-0.15, -0.1) is 0 Å². The molecular weight excluding hydrogens is 424 g/mol. The summed E-state index contributed by atoms with van der Waals surface area (Å²) in [5.41, 5.74) is 6.11. The molecule has 1 nitrogen and oxygen atoms in total. The summed E-state index contributed by atoms with van der Waals surface area (Å²) in [4.78, 5) is 0. The van der Waals surface area contributed by atoms with Crippen LogP contribution in [0, 0.1) is 5.92 Å². The molecule has 0 bridgehead atoms. The van der Waals surface area contributed by atoms with Gasteiger partial charge in [0, 0.05) is 5.02 Å². The third kappa shape index (κ3) is 6.42. The molecule has 174 valence electrons. The second kappa shape index (κ2) is 11.7. The molecule has 3 aromatic carbocycles. The van der Waals surface area contributed by atoms with Crippen LogP contribution in [0.2, 0.25) is 5.02 Å². The third-order valence-electron chi connectivity index (χ3n) is 7.39. The number of hydrogen-bond donors (Lipinski definition) is 1. The average Bonchev–Trinajstić information content (AvgIpc) is 2.84. The van der Waals surface area contributed by atoms with Gasteiger partial charge in [-0.25, -0.2) is 0 Å². The Bertz CT molecular complexity index is 1020. The van der Waals surface area contributed by atoms with Crippen LogP contribution < -0.4 is 0 Å². The van der Waals surface area contributed by atoms with E-state index in [0.29, 0.717) is 11.7 Å². The van der Waals surface area contributed by atoms with Crippen LogP contribution in [-0.2, 0) is 0 Å². The van der Waals surface area contributed by atoms with Crippen molar-refractivity contribution in [3.05, 3.63) is 77.3 Å². The summed E-state index contributed by atoms with van der Waals surface area (Å²) < 4.78 is 0. The van der Waals surface area contributed by atoms with Gasteiger partial charge in [0.15, 0.2) is 0 Å². The fraction of sp³-hybridized carbons (Fsp3) is 0.419. The molecule has 0 atom stereocenters. The quantitative estimate of drug-likeness (QED) is 0.315. The number of phenolic OH excluding ortho intramolecular Hbond substituents is 1. The van der Waals surface area contributed by atoms with Gasteiger partial charge in [0.1, 0.15) is 5.75 Å². The minimum absolute atomic E-state index is 0.298. The van der Waals surface area contributed by atoms with Crippen LogP contribution in [-0.4, -0.2) is 5.11 Å². The van der Waals surface area contributed by atoms with Crippen LogP contribution >= 0.6 is 11.6 Å². The first-order valence-corrected chi connectivity index (χ1v) is 13.2. The predicted octanol–water partition coefficient (Wildman–Crippen LogP) is 10.0. The molecule has 1 aliphatic rings. The average molecular weight is 461 g/mol. The number of rotatable bonds is 9. The SMILES string of the molecule is CCCCCCC[C@H]1CC[C@H](c2ccc(-c3cccc(Cl)c3)c(-c3ccc(O)cc3)c2)CC1. The molecule has 0 radical (unpaired) electrons. The molecule has 4 rings (SSSR count). The van der Waals surface area contributed by atoms with Gasteiger partial charge in [0.05, 0.1) is 0 Å². The highest BCUT2D eigenvalue weighted by atomic mass is 35.5. The van der Waals surface area contributed by atoms with Gasteiger partial charge in [0.25, 0.3) is 0 Å². The Morgan fingerprint density at radius 3 is 2.24 bits per heavy atom. The Balaban J connectivity index is 1.51.